The van der Waals surface area contributed by atoms with Crippen molar-refractivity contribution in [2.24, 2.45) is 11.3 Å². The lowest BCUT2D eigenvalue weighted by atomic mass is 9.59. The van der Waals surface area contributed by atoms with Crippen LogP contribution in [0.4, 0.5) is 17.2 Å². The van der Waals surface area contributed by atoms with Crippen LogP contribution in [0.2, 0.25) is 0 Å². The molecule has 4 aliphatic rings. The summed E-state index contributed by atoms with van der Waals surface area (Å²) < 4.78 is 35.9. The zero-order chi connectivity index (χ0) is 48.0. The first-order valence-corrected chi connectivity index (χ1v) is 25.2. The molecule has 1 spiro atoms. The summed E-state index contributed by atoms with van der Waals surface area (Å²) in [6.07, 6.45) is 11.1. The number of aromatic nitrogens is 3. The number of hydrogen-bond acceptors (Lipinski definition) is 13. The molecule has 4 fully saturated rings. The molecule has 5 heterocycles. The molecular weight excluding hydrogens is 887 g/mol. The molecular formula is C50H61N9O8S. The van der Waals surface area contributed by atoms with E-state index >= 15 is 0 Å². The summed E-state index contributed by atoms with van der Waals surface area (Å²) in [4.78, 5) is 56.0. The molecule has 9 rings (SSSR count). The van der Waals surface area contributed by atoms with Crippen LogP contribution in [0.15, 0.2) is 84.1 Å². The lowest BCUT2D eigenvalue weighted by Gasteiger charge is -2.58. The highest BCUT2D eigenvalue weighted by Gasteiger charge is 2.50. The highest BCUT2D eigenvalue weighted by Crippen LogP contribution is 2.53. The molecule has 18 heteroatoms. The number of ether oxygens (including phenoxy) is 1. The topological polar surface area (TPSA) is 216 Å². The predicted molar refractivity (Wildman–Crippen MR) is 258 cm³/mol. The number of piperidine rings is 1. The molecule has 0 bridgehead atoms. The summed E-state index contributed by atoms with van der Waals surface area (Å²) in [7, 11) is -4.65. The normalized spacial score (nSPS) is 22.3. The maximum Gasteiger partial charge on any atom is 0.312 e. The number of carbonyl (C=O) groups excluding carboxylic acids is 2. The van der Waals surface area contributed by atoms with Gasteiger partial charge >= 0.3 is 5.69 Å². The summed E-state index contributed by atoms with van der Waals surface area (Å²) in [6, 6.07) is 18.8. The van der Waals surface area contributed by atoms with Gasteiger partial charge in [-0.15, -0.1) is 0 Å². The van der Waals surface area contributed by atoms with Gasteiger partial charge in [-0.05, 0) is 111 Å². The van der Waals surface area contributed by atoms with Crippen LogP contribution in [-0.2, 0) is 14.8 Å². The third-order valence-corrected chi connectivity index (χ3v) is 16.3. The van der Waals surface area contributed by atoms with Crippen LogP contribution in [0.5, 0.6) is 11.5 Å². The number of sulfonamides is 1. The molecule has 5 aromatic rings. The Hall–Kier alpha value is -6.11. The van der Waals surface area contributed by atoms with Crippen molar-refractivity contribution in [1.29, 1.82) is 0 Å². The molecule has 0 unspecified atom stereocenters. The van der Waals surface area contributed by atoms with E-state index in [1.54, 1.807) is 38.2 Å². The van der Waals surface area contributed by atoms with Crippen LogP contribution in [0.1, 0.15) is 113 Å². The van der Waals surface area contributed by atoms with Crippen LogP contribution < -0.4 is 19.7 Å². The number of nitrogens with zero attached hydrogens (tertiary/aromatic N) is 6. The Kier molecular flexibility index (Phi) is 13.0. The van der Waals surface area contributed by atoms with Gasteiger partial charge in [0.1, 0.15) is 22.0 Å². The number of piperazine rings is 1. The number of anilines is 2. The monoisotopic (exact) mass is 947 g/mol. The second-order valence-electron chi connectivity index (χ2n) is 20.0. The number of benzene rings is 2. The Bertz CT molecular complexity index is 2810. The average molecular weight is 948 g/mol. The van der Waals surface area contributed by atoms with Gasteiger partial charge in [-0.3, -0.25) is 24.6 Å². The number of aliphatic hydroxyl groups is 1. The quantitative estimate of drug-likeness (QED) is 0.0653. The van der Waals surface area contributed by atoms with E-state index in [4.69, 9.17) is 4.74 Å². The third-order valence-electron chi connectivity index (χ3n) is 15.0. The van der Waals surface area contributed by atoms with Crippen molar-refractivity contribution in [1.82, 2.24) is 29.5 Å². The maximum atomic E-state index is 14.0. The molecule has 1 atom stereocenters. The Morgan fingerprint density at radius 1 is 0.985 bits per heavy atom. The van der Waals surface area contributed by atoms with Gasteiger partial charge in [0.05, 0.1) is 34.5 Å². The van der Waals surface area contributed by atoms with E-state index < -0.39 is 37.0 Å². The van der Waals surface area contributed by atoms with Crippen LogP contribution in [0.25, 0.3) is 11.0 Å². The molecule has 2 amide bonds. The number of aromatic amines is 1. The summed E-state index contributed by atoms with van der Waals surface area (Å²) in [5, 5.41) is 26.2. The number of H-pyrrole nitrogens is 1. The zero-order valence-corrected chi connectivity index (χ0v) is 39.9. The van der Waals surface area contributed by atoms with Crippen molar-refractivity contribution in [3.05, 3.63) is 106 Å². The second kappa shape index (κ2) is 18.8. The molecule has 0 radical (unpaired) electrons. The van der Waals surface area contributed by atoms with Crippen molar-refractivity contribution in [2.45, 2.75) is 108 Å². The van der Waals surface area contributed by atoms with Gasteiger partial charge < -0.3 is 29.9 Å². The molecule has 2 saturated carbocycles. The third kappa shape index (κ3) is 9.89. The van der Waals surface area contributed by atoms with Crippen molar-refractivity contribution in [2.75, 3.05) is 49.5 Å². The van der Waals surface area contributed by atoms with Crippen LogP contribution in [0.3, 0.4) is 0 Å². The molecule has 2 saturated heterocycles. The summed E-state index contributed by atoms with van der Waals surface area (Å²) in [5.74, 6) is 0.0160. The average Bonchev–Trinajstić information content (AvgIpc) is 3.78. The number of carbonyl (C=O) groups is 2. The van der Waals surface area contributed by atoms with Gasteiger partial charge in [-0.25, -0.2) is 23.1 Å². The van der Waals surface area contributed by atoms with Crippen molar-refractivity contribution in [3.8, 4) is 11.5 Å². The first-order valence-electron chi connectivity index (χ1n) is 23.7. The smallest absolute Gasteiger partial charge is 0.312 e. The molecule has 2 aliphatic carbocycles. The number of nitrogens with one attached hydrogen (secondary N) is 3. The highest BCUT2D eigenvalue weighted by atomic mass is 32.2. The number of amides is 2. The minimum Gasteiger partial charge on any atom is -0.455 e. The van der Waals surface area contributed by atoms with E-state index in [1.165, 1.54) is 23.4 Å². The van der Waals surface area contributed by atoms with E-state index in [0.29, 0.717) is 49.3 Å². The van der Waals surface area contributed by atoms with Crippen molar-refractivity contribution < 1.29 is 32.8 Å². The largest absolute Gasteiger partial charge is 0.455 e. The second-order valence-corrected chi connectivity index (χ2v) is 21.7. The Morgan fingerprint density at radius 2 is 1.74 bits per heavy atom. The Labute approximate surface area is 396 Å². The van der Waals surface area contributed by atoms with E-state index in [-0.39, 0.29) is 40.4 Å². The van der Waals surface area contributed by atoms with E-state index in [1.807, 2.05) is 11.0 Å². The first kappa shape index (κ1) is 47.0. The van der Waals surface area contributed by atoms with Crippen molar-refractivity contribution >= 4 is 50.1 Å². The fourth-order valence-electron chi connectivity index (χ4n) is 10.9. The maximum absolute atomic E-state index is 14.0. The molecule has 17 nitrogen and oxygen atoms in total. The fraction of sp³-hybridized carbons (Fsp3) is 0.480. The van der Waals surface area contributed by atoms with Gasteiger partial charge in [0.2, 0.25) is 11.7 Å². The number of fused-ring (bicyclic) bond motifs is 1. The molecule has 68 heavy (non-hydrogen) atoms. The highest BCUT2D eigenvalue weighted by molar-refractivity contribution is 7.90. The lowest BCUT2D eigenvalue weighted by molar-refractivity contribution is -0.384. The minimum absolute atomic E-state index is 0.0625. The standard InChI is InChI=1S/C50H61N9O8S/c1-32(2)40-7-5-6-8-41(40)44-31-57(33(3)60)21-22-58(44)37-26-50(27-37)16-19-56(20-17-50)36-9-10-42(45(24-36)67-38-23-35-13-18-51-46(35)53-29-38)48(61)55-68(65,66)39-25-43(59(63)64)47(54-30-39)52-28-34-11-14-49(4,62)15-12-34/h5-10,13,18,23-25,29-30,32,34,37,44,62H,11-12,14-17,19-22,26-28,31H2,1-4H3,(H,51,53)(H,52,54)(H,55,61)/t34-,44-,49-/m0/s1. The van der Waals surface area contributed by atoms with Gasteiger partial charge in [-0.1, -0.05) is 38.1 Å². The molecule has 2 aromatic carbocycles. The van der Waals surface area contributed by atoms with Crippen LogP contribution in [0, 0.1) is 21.4 Å². The van der Waals surface area contributed by atoms with Gasteiger partial charge in [0.25, 0.3) is 15.9 Å². The number of pyridine rings is 2. The summed E-state index contributed by atoms with van der Waals surface area (Å²) in [5.41, 5.74) is 2.96. The van der Waals surface area contributed by atoms with E-state index in [9.17, 15) is 33.2 Å². The molecule has 3 aromatic heterocycles. The fourth-order valence-corrected chi connectivity index (χ4v) is 11.8. The van der Waals surface area contributed by atoms with Gasteiger partial charge in [-0.2, -0.15) is 0 Å². The number of rotatable bonds is 13. The SMILES string of the molecule is CC(=O)N1CCN(C2CC3(CCN(c4ccc(C(=O)NS(=O)(=O)c5cnc(NC[C@H]6CC[C@](C)(O)CC6)c([N+](=O)[O-])c5)c(Oc5cnc6[nH]ccc6c5)c4)CC3)C2)[C@H](c2ccccc2C(C)C)C1. The Balaban J connectivity index is 0.901. The van der Waals surface area contributed by atoms with E-state index in [2.05, 4.69) is 72.9 Å². The van der Waals surface area contributed by atoms with Gasteiger partial charge in [0.15, 0.2) is 0 Å². The summed E-state index contributed by atoms with van der Waals surface area (Å²) in [6.45, 7) is 12.1. The molecule has 2 aliphatic heterocycles. The minimum atomic E-state index is -4.65. The number of hydrogen-bond donors (Lipinski definition) is 4. The zero-order valence-electron chi connectivity index (χ0n) is 39.1. The van der Waals surface area contributed by atoms with Gasteiger partial charge in [0, 0.05) is 81.6 Å². The Morgan fingerprint density at radius 3 is 2.46 bits per heavy atom. The van der Waals surface area contributed by atoms with E-state index in [0.717, 1.165) is 88.0 Å². The molecule has 360 valence electrons. The van der Waals surface area contributed by atoms with Crippen LogP contribution in [-0.4, -0.2) is 106 Å². The number of nitro groups is 1. The lowest BCUT2D eigenvalue weighted by Crippen LogP contribution is -2.60. The predicted octanol–water partition coefficient (Wildman–Crippen LogP) is 7.91. The summed E-state index contributed by atoms with van der Waals surface area (Å²) >= 11 is 0. The van der Waals surface area contributed by atoms with Crippen molar-refractivity contribution in [3.63, 3.8) is 0 Å². The van der Waals surface area contributed by atoms with Crippen LogP contribution >= 0.6 is 0 Å². The first-order chi connectivity index (χ1) is 32.5. The molecule has 4 N–H and O–H groups in total.